The van der Waals surface area contributed by atoms with Gasteiger partial charge in [0, 0.05) is 29.1 Å². The van der Waals surface area contributed by atoms with Crippen LogP contribution in [0.3, 0.4) is 0 Å². The topological polar surface area (TPSA) is 97.1 Å². The maximum Gasteiger partial charge on any atom is 0.251 e. The number of carbonyl (C=O) groups is 2. The zero-order valence-corrected chi connectivity index (χ0v) is 18.8. The van der Waals surface area contributed by atoms with Crippen molar-refractivity contribution in [1.82, 2.24) is 20.8 Å². The van der Waals surface area contributed by atoms with Crippen LogP contribution in [0, 0.1) is 18.7 Å². The third kappa shape index (κ3) is 5.10. The van der Waals surface area contributed by atoms with Crippen LogP contribution >= 0.6 is 0 Å². The number of nitrogens with one attached hydrogen (secondary N) is 2. The number of hydrogen-bond donors (Lipinski definition) is 2. The van der Waals surface area contributed by atoms with Gasteiger partial charge in [-0.05, 0) is 51.3 Å². The first-order chi connectivity index (χ1) is 15.8. The van der Waals surface area contributed by atoms with Gasteiger partial charge in [-0.25, -0.2) is 4.39 Å². The number of rotatable bonds is 6. The summed E-state index contributed by atoms with van der Waals surface area (Å²) in [6.07, 6.45) is 0.883. The fourth-order valence-electron chi connectivity index (χ4n) is 4.16. The molecule has 1 aliphatic carbocycles. The summed E-state index contributed by atoms with van der Waals surface area (Å²) in [7, 11) is 0. The van der Waals surface area contributed by atoms with Crippen LogP contribution in [0.5, 0.6) is 0 Å². The third-order valence-corrected chi connectivity index (χ3v) is 5.91. The molecule has 4 rings (SSSR count). The predicted octanol–water partition coefficient (Wildman–Crippen LogP) is 4.00. The van der Waals surface area contributed by atoms with E-state index in [4.69, 9.17) is 4.52 Å². The molecule has 2 amide bonds. The van der Waals surface area contributed by atoms with E-state index in [-0.39, 0.29) is 29.3 Å². The first kappa shape index (κ1) is 22.6. The van der Waals surface area contributed by atoms with Gasteiger partial charge in [-0.3, -0.25) is 9.59 Å². The van der Waals surface area contributed by atoms with E-state index in [1.54, 1.807) is 19.1 Å². The Kier molecular flexibility index (Phi) is 6.53. The van der Waals surface area contributed by atoms with Gasteiger partial charge >= 0.3 is 0 Å². The SMILES string of the molecule is Cc1ccc(C(=O)N[C@H]2C[C@H](C(=O)NC(C)C)C[C@H]2c2nc(-c3ccccc3)no2)cc1F. The predicted molar refractivity (Wildman–Crippen MR) is 121 cm³/mol. The van der Waals surface area contributed by atoms with Gasteiger partial charge in [0.25, 0.3) is 5.91 Å². The summed E-state index contributed by atoms with van der Waals surface area (Å²) in [6.45, 7) is 5.45. The summed E-state index contributed by atoms with van der Waals surface area (Å²) < 4.78 is 19.5. The molecule has 1 saturated carbocycles. The van der Waals surface area contributed by atoms with Gasteiger partial charge in [-0.15, -0.1) is 0 Å². The Balaban J connectivity index is 1.58. The molecule has 8 heteroatoms. The molecule has 1 heterocycles. The molecule has 0 bridgehead atoms. The summed E-state index contributed by atoms with van der Waals surface area (Å²) in [4.78, 5) is 30.1. The maximum absolute atomic E-state index is 14.0. The number of aromatic nitrogens is 2. The monoisotopic (exact) mass is 450 g/mol. The molecule has 0 saturated heterocycles. The van der Waals surface area contributed by atoms with Crippen molar-refractivity contribution in [3.05, 3.63) is 71.4 Å². The summed E-state index contributed by atoms with van der Waals surface area (Å²) in [6, 6.07) is 13.4. The molecule has 3 atom stereocenters. The quantitative estimate of drug-likeness (QED) is 0.592. The van der Waals surface area contributed by atoms with Gasteiger partial charge in [-0.2, -0.15) is 4.98 Å². The molecule has 3 aromatic rings. The van der Waals surface area contributed by atoms with Crippen molar-refractivity contribution < 1.29 is 18.5 Å². The van der Waals surface area contributed by atoms with Crippen molar-refractivity contribution in [2.45, 2.75) is 51.6 Å². The highest BCUT2D eigenvalue weighted by Gasteiger charge is 2.42. The average Bonchev–Trinajstić information content (AvgIpc) is 3.43. The van der Waals surface area contributed by atoms with Crippen molar-refractivity contribution in [2.24, 2.45) is 5.92 Å². The molecule has 0 aliphatic heterocycles. The molecule has 2 N–H and O–H groups in total. The fourth-order valence-corrected chi connectivity index (χ4v) is 4.16. The van der Waals surface area contributed by atoms with E-state index in [0.717, 1.165) is 5.56 Å². The molecular weight excluding hydrogens is 423 g/mol. The number of amides is 2. The Morgan fingerprint density at radius 3 is 2.58 bits per heavy atom. The lowest BCUT2D eigenvalue weighted by molar-refractivity contribution is -0.125. The Hall–Kier alpha value is -3.55. The summed E-state index contributed by atoms with van der Waals surface area (Å²) in [5.41, 5.74) is 1.51. The largest absolute Gasteiger partial charge is 0.354 e. The highest BCUT2D eigenvalue weighted by molar-refractivity contribution is 5.94. The Bertz CT molecular complexity index is 1150. The van der Waals surface area contributed by atoms with Gasteiger partial charge in [0.1, 0.15) is 5.82 Å². The molecule has 7 nitrogen and oxygen atoms in total. The summed E-state index contributed by atoms with van der Waals surface area (Å²) in [5, 5.41) is 10.00. The molecule has 0 radical (unpaired) electrons. The lowest BCUT2D eigenvalue weighted by Gasteiger charge is -2.18. The fraction of sp³-hybridized carbons (Fsp3) is 0.360. The molecule has 172 valence electrons. The highest BCUT2D eigenvalue weighted by atomic mass is 19.1. The van der Waals surface area contributed by atoms with E-state index in [1.165, 1.54) is 6.07 Å². The van der Waals surface area contributed by atoms with E-state index in [0.29, 0.717) is 30.1 Å². The lowest BCUT2D eigenvalue weighted by Crippen LogP contribution is -2.38. The Labute approximate surface area is 191 Å². The van der Waals surface area contributed by atoms with Crippen molar-refractivity contribution >= 4 is 11.8 Å². The second kappa shape index (κ2) is 9.52. The molecule has 1 aromatic heterocycles. The van der Waals surface area contributed by atoms with Crippen molar-refractivity contribution in [1.29, 1.82) is 0 Å². The van der Waals surface area contributed by atoms with Crippen LogP contribution in [0.15, 0.2) is 53.1 Å². The standard InChI is InChI=1S/C25H27FN4O3/c1-14(2)27-24(32)18-11-19(25-29-22(30-33-25)16-7-5-4-6-8-16)21(13-18)28-23(31)17-10-9-15(3)20(26)12-17/h4-10,12,14,18-19,21H,11,13H2,1-3H3,(H,27,32)(H,28,31)/t18-,19-,21+/m1/s1. The van der Waals surface area contributed by atoms with E-state index < -0.39 is 17.8 Å². The Morgan fingerprint density at radius 2 is 1.88 bits per heavy atom. The molecule has 0 spiro atoms. The van der Waals surface area contributed by atoms with E-state index in [9.17, 15) is 14.0 Å². The third-order valence-electron chi connectivity index (χ3n) is 5.91. The molecule has 0 unspecified atom stereocenters. The molecule has 1 aliphatic rings. The minimum atomic E-state index is -0.441. The minimum absolute atomic E-state index is 0.00760. The number of carbonyl (C=O) groups excluding carboxylic acids is 2. The molecular formula is C25H27FN4O3. The van der Waals surface area contributed by atoms with Gasteiger partial charge in [0.2, 0.25) is 17.6 Å². The number of nitrogens with zero attached hydrogens (tertiary/aromatic N) is 2. The first-order valence-electron chi connectivity index (χ1n) is 11.1. The molecule has 2 aromatic carbocycles. The van der Waals surface area contributed by atoms with Gasteiger partial charge in [0.05, 0.1) is 5.92 Å². The van der Waals surface area contributed by atoms with Crippen LogP contribution in [0.25, 0.3) is 11.4 Å². The normalized spacial score (nSPS) is 20.1. The zero-order valence-electron chi connectivity index (χ0n) is 18.8. The smallest absolute Gasteiger partial charge is 0.251 e. The van der Waals surface area contributed by atoms with Gasteiger partial charge < -0.3 is 15.2 Å². The van der Waals surface area contributed by atoms with Crippen molar-refractivity contribution in [3.63, 3.8) is 0 Å². The van der Waals surface area contributed by atoms with Crippen LogP contribution in [-0.4, -0.2) is 34.0 Å². The van der Waals surface area contributed by atoms with Gasteiger partial charge in [-0.1, -0.05) is 41.6 Å². The number of aryl methyl sites for hydroxylation is 1. The molecule has 1 fully saturated rings. The second-order valence-electron chi connectivity index (χ2n) is 8.80. The number of benzene rings is 2. The van der Waals surface area contributed by atoms with Gasteiger partial charge in [0.15, 0.2) is 0 Å². The van der Waals surface area contributed by atoms with Crippen molar-refractivity contribution in [2.75, 3.05) is 0 Å². The highest BCUT2D eigenvalue weighted by Crippen LogP contribution is 2.39. The average molecular weight is 451 g/mol. The molecule has 33 heavy (non-hydrogen) atoms. The van der Waals surface area contributed by atoms with Crippen LogP contribution in [-0.2, 0) is 4.79 Å². The van der Waals surface area contributed by atoms with Crippen LogP contribution < -0.4 is 10.6 Å². The second-order valence-corrected chi connectivity index (χ2v) is 8.80. The van der Waals surface area contributed by atoms with Crippen LogP contribution in [0.2, 0.25) is 0 Å². The number of halogens is 1. The van der Waals surface area contributed by atoms with Crippen LogP contribution in [0.4, 0.5) is 4.39 Å². The van der Waals surface area contributed by atoms with E-state index >= 15 is 0 Å². The summed E-state index contributed by atoms with van der Waals surface area (Å²) in [5.74, 6) is -0.751. The maximum atomic E-state index is 14.0. The van der Waals surface area contributed by atoms with Crippen LogP contribution in [0.1, 0.15) is 54.4 Å². The zero-order chi connectivity index (χ0) is 23.5. The van der Waals surface area contributed by atoms with Crippen molar-refractivity contribution in [3.8, 4) is 11.4 Å². The lowest BCUT2D eigenvalue weighted by atomic mass is 10.0. The first-order valence-corrected chi connectivity index (χ1v) is 11.1. The van der Waals surface area contributed by atoms with E-state index in [2.05, 4.69) is 20.8 Å². The number of hydrogen-bond acceptors (Lipinski definition) is 5. The van der Waals surface area contributed by atoms with E-state index in [1.807, 2.05) is 44.2 Å². The Morgan fingerprint density at radius 1 is 1.12 bits per heavy atom. The summed E-state index contributed by atoms with van der Waals surface area (Å²) >= 11 is 0. The minimum Gasteiger partial charge on any atom is -0.354 e.